The molecule has 0 saturated heterocycles. The van der Waals surface area contributed by atoms with Crippen molar-refractivity contribution in [3.8, 4) is 56.8 Å². The standard InChI is InChI=1S/C52H35NO6S/c54-45-39(24-25-41(53-28-29-12-3-1-4-13-29)32-17-11-16-31(26-32)30-14-5-2-6-15-30)43-44-46(55)42(47(56)49(58)52(44)60-51(43)50(59)48(45)57)33-22-23-38-36-20-8-7-18-34(36)35-19-9-10-21-37(35)40(38)27-33/h1-27,54-59H,28H2/b25-24+,53-41?. The lowest BCUT2D eigenvalue weighted by Gasteiger charge is -2.15. The predicted octanol–water partition coefficient (Wildman–Crippen LogP) is 12.8. The number of phenolic OH excluding ortho intramolecular Hbond substituents is 6. The molecule has 9 aromatic carbocycles. The van der Waals surface area contributed by atoms with E-state index in [0.717, 1.165) is 65.9 Å². The first-order chi connectivity index (χ1) is 29.3. The fraction of sp³-hybridized carbons (Fsp3) is 0.0192. The lowest BCUT2D eigenvalue weighted by molar-refractivity contribution is 0.371. The van der Waals surface area contributed by atoms with Crippen molar-refractivity contribution in [2.75, 3.05) is 0 Å². The summed E-state index contributed by atoms with van der Waals surface area (Å²) in [5.74, 6) is -3.45. The molecule has 0 radical (unpaired) electrons. The zero-order valence-electron chi connectivity index (χ0n) is 31.8. The summed E-state index contributed by atoms with van der Waals surface area (Å²) >= 11 is 0.873. The summed E-state index contributed by atoms with van der Waals surface area (Å²) in [6.45, 7) is 0.355. The number of hydrogen-bond acceptors (Lipinski definition) is 8. The van der Waals surface area contributed by atoms with Crippen LogP contribution in [-0.4, -0.2) is 36.4 Å². The highest BCUT2D eigenvalue weighted by atomic mass is 32.1. The van der Waals surface area contributed by atoms with Crippen molar-refractivity contribution in [3.63, 3.8) is 0 Å². The topological polar surface area (TPSA) is 134 Å². The number of thiophene rings is 1. The molecular formula is C52H35NO6S. The summed E-state index contributed by atoms with van der Waals surface area (Å²) < 4.78 is 0.149. The second kappa shape index (κ2) is 14.5. The van der Waals surface area contributed by atoms with Crippen molar-refractivity contribution in [2.45, 2.75) is 6.54 Å². The van der Waals surface area contributed by atoms with Crippen LogP contribution >= 0.6 is 11.3 Å². The Hall–Kier alpha value is -7.81. The number of allylic oxidation sites excluding steroid dienone is 1. The maximum Gasteiger partial charge on any atom is 0.202 e. The van der Waals surface area contributed by atoms with Gasteiger partial charge in [0.25, 0.3) is 0 Å². The maximum absolute atomic E-state index is 12.3. The zero-order valence-corrected chi connectivity index (χ0v) is 32.7. The quantitative estimate of drug-likeness (QED) is 0.0411. The average molecular weight is 802 g/mol. The molecule has 0 bridgehead atoms. The maximum atomic E-state index is 12.3. The number of rotatable bonds is 7. The van der Waals surface area contributed by atoms with E-state index in [2.05, 4.69) is 18.2 Å². The molecule has 0 fully saturated rings. The van der Waals surface area contributed by atoms with Gasteiger partial charge in [-0.25, -0.2) is 0 Å². The van der Waals surface area contributed by atoms with Gasteiger partial charge in [0.05, 0.1) is 27.2 Å². The summed E-state index contributed by atoms with van der Waals surface area (Å²) in [5, 5.41) is 75.7. The number of nitrogens with zero attached hydrogens (tertiary/aromatic N) is 1. The molecule has 10 aromatic rings. The van der Waals surface area contributed by atoms with Gasteiger partial charge in [0.15, 0.2) is 23.0 Å². The number of phenols is 6. The third-order valence-corrected chi connectivity index (χ3v) is 12.4. The smallest absolute Gasteiger partial charge is 0.202 e. The van der Waals surface area contributed by atoms with E-state index in [1.54, 1.807) is 18.2 Å². The molecule has 7 nitrogen and oxygen atoms in total. The minimum absolute atomic E-state index is 0.0244. The van der Waals surface area contributed by atoms with E-state index in [4.69, 9.17) is 4.99 Å². The summed E-state index contributed by atoms with van der Waals surface area (Å²) in [5.41, 5.74) is 4.84. The Balaban J connectivity index is 1.19. The fourth-order valence-corrected chi connectivity index (χ4v) is 9.53. The van der Waals surface area contributed by atoms with E-state index in [1.165, 1.54) is 0 Å². The summed E-state index contributed by atoms with van der Waals surface area (Å²) in [6.07, 6.45) is 3.30. The van der Waals surface area contributed by atoms with Crippen LogP contribution in [0.3, 0.4) is 0 Å². The number of aliphatic imine (C=N–C) groups is 1. The molecule has 60 heavy (non-hydrogen) atoms. The Morgan fingerprint density at radius 1 is 0.450 bits per heavy atom. The Morgan fingerprint density at radius 3 is 1.70 bits per heavy atom. The largest absolute Gasteiger partial charge is 0.506 e. The lowest BCUT2D eigenvalue weighted by Crippen LogP contribution is -1.99. The van der Waals surface area contributed by atoms with Crippen molar-refractivity contribution in [2.24, 2.45) is 4.99 Å². The van der Waals surface area contributed by atoms with E-state index < -0.39 is 28.7 Å². The number of fused-ring (bicyclic) bond motifs is 9. The minimum Gasteiger partial charge on any atom is -0.506 e. The molecule has 6 N–H and O–H groups in total. The molecule has 1 heterocycles. The van der Waals surface area contributed by atoms with Crippen molar-refractivity contribution in [3.05, 3.63) is 174 Å². The first-order valence-corrected chi connectivity index (χ1v) is 20.2. The summed E-state index contributed by atoms with van der Waals surface area (Å²) in [7, 11) is 0. The van der Waals surface area contributed by atoms with Crippen molar-refractivity contribution < 1.29 is 30.6 Å². The van der Waals surface area contributed by atoms with Crippen LogP contribution in [0.2, 0.25) is 0 Å². The molecule has 0 atom stereocenters. The minimum atomic E-state index is -0.764. The van der Waals surface area contributed by atoms with Gasteiger partial charge < -0.3 is 30.6 Å². The van der Waals surface area contributed by atoms with Gasteiger partial charge in [-0.3, -0.25) is 4.99 Å². The SMILES string of the molecule is Oc1c(-c2ccc3c4ccccc4c4ccccc4c3c2)c(O)c2c(sc3c(O)c(O)c(O)c(/C=C/C(=NCc4ccccc4)c4cccc(-c5ccccc5)c4)c32)c1O. The molecule has 0 aliphatic heterocycles. The van der Waals surface area contributed by atoms with Gasteiger partial charge in [-0.2, -0.15) is 0 Å². The van der Waals surface area contributed by atoms with Crippen LogP contribution < -0.4 is 0 Å². The number of benzene rings is 9. The molecule has 0 spiro atoms. The third-order valence-electron chi connectivity index (χ3n) is 11.2. The lowest BCUT2D eigenvalue weighted by atomic mass is 9.91. The van der Waals surface area contributed by atoms with E-state index >= 15 is 0 Å². The van der Waals surface area contributed by atoms with Crippen LogP contribution in [0.15, 0.2) is 163 Å². The Labute approximate surface area is 347 Å². The number of hydrogen-bond donors (Lipinski definition) is 6. The second-order valence-corrected chi connectivity index (χ2v) is 15.7. The molecule has 0 amide bonds. The highest BCUT2D eigenvalue weighted by molar-refractivity contribution is 7.26. The molecule has 10 rings (SSSR count). The monoisotopic (exact) mass is 801 g/mol. The van der Waals surface area contributed by atoms with E-state index in [0.29, 0.717) is 17.8 Å². The van der Waals surface area contributed by atoms with Gasteiger partial charge in [0.2, 0.25) is 5.75 Å². The van der Waals surface area contributed by atoms with E-state index in [9.17, 15) is 30.6 Å². The van der Waals surface area contributed by atoms with Gasteiger partial charge in [-0.05, 0) is 78.9 Å². The first-order valence-electron chi connectivity index (χ1n) is 19.3. The van der Waals surface area contributed by atoms with E-state index in [1.807, 2.05) is 127 Å². The highest BCUT2D eigenvalue weighted by Gasteiger charge is 2.29. The molecular weight excluding hydrogens is 767 g/mol. The third kappa shape index (κ3) is 5.92. The summed E-state index contributed by atoms with van der Waals surface area (Å²) in [4.78, 5) is 4.99. The Kier molecular flexibility index (Phi) is 8.85. The van der Waals surface area contributed by atoms with Crippen LogP contribution in [0.1, 0.15) is 16.7 Å². The van der Waals surface area contributed by atoms with Crippen LogP contribution in [0, 0.1) is 0 Å². The second-order valence-electron chi connectivity index (χ2n) is 14.7. The molecule has 0 aliphatic rings. The average Bonchev–Trinajstić information content (AvgIpc) is 3.70. The first kappa shape index (κ1) is 36.5. The zero-order chi connectivity index (χ0) is 41.1. The molecule has 290 valence electrons. The van der Waals surface area contributed by atoms with Crippen molar-refractivity contribution in [1.82, 2.24) is 0 Å². The van der Waals surface area contributed by atoms with E-state index in [-0.39, 0.29) is 37.0 Å². The molecule has 8 heteroatoms. The van der Waals surface area contributed by atoms with Crippen molar-refractivity contribution in [1.29, 1.82) is 0 Å². The van der Waals surface area contributed by atoms with Crippen LogP contribution in [0.5, 0.6) is 34.5 Å². The molecule has 0 aliphatic carbocycles. The molecule has 0 unspecified atom stereocenters. The Bertz CT molecular complexity index is 3370. The summed E-state index contributed by atoms with van der Waals surface area (Å²) in [6, 6.07) is 49.5. The fourth-order valence-electron chi connectivity index (χ4n) is 8.33. The van der Waals surface area contributed by atoms with Crippen LogP contribution in [0.4, 0.5) is 0 Å². The Morgan fingerprint density at radius 2 is 1.02 bits per heavy atom. The highest BCUT2D eigenvalue weighted by Crippen LogP contribution is 2.59. The molecule has 1 aromatic heterocycles. The van der Waals surface area contributed by atoms with Gasteiger partial charge in [-0.1, -0.05) is 140 Å². The van der Waals surface area contributed by atoms with Crippen LogP contribution in [-0.2, 0) is 6.54 Å². The van der Waals surface area contributed by atoms with Crippen LogP contribution in [0.25, 0.3) is 80.8 Å². The predicted molar refractivity (Wildman–Crippen MR) is 245 cm³/mol. The van der Waals surface area contributed by atoms with Gasteiger partial charge in [-0.15, -0.1) is 11.3 Å². The van der Waals surface area contributed by atoms with Gasteiger partial charge in [0, 0.05) is 21.9 Å². The normalized spacial score (nSPS) is 12.2. The number of aromatic hydroxyl groups is 6. The molecule has 0 saturated carbocycles. The van der Waals surface area contributed by atoms with Crippen molar-refractivity contribution >= 4 is 75.6 Å². The van der Waals surface area contributed by atoms with Gasteiger partial charge in [0.1, 0.15) is 5.75 Å². The van der Waals surface area contributed by atoms with Gasteiger partial charge >= 0.3 is 0 Å².